The molecule has 2 aromatic heterocycles. The Morgan fingerprint density at radius 2 is 1.90 bits per heavy atom. The Morgan fingerprint density at radius 1 is 1.16 bits per heavy atom. The van der Waals surface area contributed by atoms with E-state index in [9.17, 15) is 9.59 Å². The van der Waals surface area contributed by atoms with Crippen molar-refractivity contribution in [2.24, 2.45) is 5.92 Å². The number of benzene rings is 1. The number of aromatic nitrogens is 3. The molecule has 4 rings (SSSR count). The van der Waals surface area contributed by atoms with Gasteiger partial charge in [0.05, 0.1) is 13.0 Å². The van der Waals surface area contributed by atoms with E-state index in [1.54, 1.807) is 13.8 Å². The van der Waals surface area contributed by atoms with Crippen molar-refractivity contribution in [1.29, 1.82) is 0 Å². The molecule has 160 valence electrons. The highest BCUT2D eigenvalue weighted by Gasteiger charge is 2.50. The van der Waals surface area contributed by atoms with Gasteiger partial charge in [-0.3, -0.25) is 9.59 Å². The molecule has 0 saturated heterocycles. The van der Waals surface area contributed by atoms with Gasteiger partial charge in [-0.05, 0) is 25.0 Å². The van der Waals surface area contributed by atoms with E-state index in [1.807, 2.05) is 30.3 Å². The summed E-state index contributed by atoms with van der Waals surface area (Å²) >= 11 is 0. The predicted octanol–water partition coefficient (Wildman–Crippen LogP) is 3.12. The molecule has 0 bridgehead atoms. The lowest BCUT2D eigenvalue weighted by atomic mass is 10.2. The van der Waals surface area contributed by atoms with Gasteiger partial charge in [-0.15, -0.1) is 0 Å². The van der Waals surface area contributed by atoms with Crippen molar-refractivity contribution in [2.75, 3.05) is 7.11 Å². The van der Waals surface area contributed by atoms with Crippen LogP contribution in [0.2, 0.25) is 0 Å². The van der Waals surface area contributed by atoms with E-state index in [2.05, 4.69) is 20.4 Å². The predicted molar refractivity (Wildman–Crippen MR) is 109 cm³/mol. The van der Waals surface area contributed by atoms with Crippen LogP contribution in [-0.2, 0) is 10.3 Å². The van der Waals surface area contributed by atoms with Crippen LogP contribution in [0, 0.1) is 5.92 Å². The molecule has 0 aliphatic heterocycles. The fraction of sp³-hybridized carbons (Fsp3) is 0.318. The fourth-order valence-electron chi connectivity index (χ4n) is 2.99. The van der Waals surface area contributed by atoms with Gasteiger partial charge in [0.25, 0.3) is 11.8 Å². The van der Waals surface area contributed by atoms with Crippen molar-refractivity contribution in [3.8, 4) is 23.0 Å². The van der Waals surface area contributed by atoms with Gasteiger partial charge in [-0.2, -0.15) is 4.98 Å². The summed E-state index contributed by atoms with van der Waals surface area (Å²) in [7, 11) is 1.43. The molecule has 0 atom stereocenters. The molecule has 0 radical (unpaired) electrons. The maximum absolute atomic E-state index is 13.1. The fourth-order valence-corrected chi connectivity index (χ4v) is 2.99. The van der Waals surface area contributed by atoms with Crippen molar-refractivity contribution in [1.82, 2.24) is 20.4 Å². The number of hydrogen-bond donors (Lipinski definition) is 1. The van der Waals surface area contributed by atoms with Gasteiger partial charge < -0.3 is 19.3 Å². The zero-order chi connectivity index (χ0) is 22.0. The monoisotopic (exact) mass is 422 g/mol. The molecule has 1 amide bonds. The van der Waals surface area contributed by atoms with Gasteiger partial charge in [0, 0.05) is 17.8 Å². The van der Waals surface area contributed by atoms with E-state index in [-0.39, 0.29) is 23.1 Å². The normalized spacial score (nSPS) is 14.2. The minimum atomic E-state index is -0.752. The van der Waals surface area contributed by atoms with Gasteiger partial charge in [0.15, 0.2) is 17.3 Å². The third-order valence-corrected chi connectivity index (χ3v) is 4.96. The molecule has 9 nitrogen and oxygen atoms in total. The van der Waals surface area contributed by atoms with E-state index in [4.69, 9.17) is 14.0 Å². The molecular weight excluding hydrogens is 400 g/mol. The first kappa shape index (κ1) is 20.5. The van der Waals surface area contributed by atoms with Crippen LogP contribution < -0.4 is 14.8 Å². The number of nitrogens with zero attached hydrogens (tertiary/aromatic N) is 3. The maximum atomic E-state index is 13.1. The highest BCUT2D eigenvalue weighted by molar-refractivity contribution is 5.97. The molecule has 1 N–H and O–H groups in total. The number of hydrogen-bond acceptors (Lipinski definition) is 8. The van der Waals surface area contributed by atoms with E-state index >= 15 is 0 Å². The molecule has 31 heavy (non-hydrogen) atoms. The summed E-state index contributed by atoms with van der Waals surface area (Å²) in [5.41, 5.74) is -0.00958. The Bertz CT molecular complexity index is 1110. The second kappa shape index (κ2) is 8.17. The minimum absolute atomic E-state index is 0.0184. The largest absolute Gasteiger partial charge is 0.493 e. The molecule has 1 aliphatic carbocycles. The SMILES string of the molecule is COc1ccnc(C(=O)NC2(c3noc(-c4ccccc4)n3)CC2)c1OC(=O)C(C)C. The van der Waals surface area contributed by atoms with Crippen LogP contribution in [-0.4, -0.2) is 34.1 Å². The lowest BCUT2D eigenvalue weighted by Gasteiger charge is -2.16. The Labute approximate surface area is 178 Å². The number of nitrogens with one attached hydrogen (secondary N) is 1. The second-order valence-corrected chi connectivity index (χ2v) is 7.59. The molecular formula is C22H22N4O5. The first-order valence-corrected chi connectivity index (χ1v) is 9.90. The van der Waals surface area contributed by atoms with Crippen molar-refractivity contribution >= 4 is 11.9 Å². The Hall–Kier alpha value is -3.75. The highest BCUT2D eigenvalue weighted by Crippen LogP contribution is 2.45. The van der Waals surface area contributed by atoms with Crippen LogP contribution in [0.15, 0.2) is 47.1 Å². The number of carbonyl (C=O) groups excluding carboxylic acids is 2. The van der Waals surface area contributed by atoms with Gasteiger partial charge in [-0.25, -0.2) is 4.98 Å². The molecule has 1 fully saturated rings. The molecule has 0 unspecified atom stereocenters. The third-order valence-electron chi connectivity index (χ3n) is 4.96. The summed E-state index contributed by atoms with van der Waals surface area (Å²) in [4.78, 5) is 33.8. The lowest BCUT2D eigenvalue weighted by Crippen LogP contribution is -2.36. The van der Waals surface area contributed by atoms with Gasteiger partial charge in [0.1, 0.15) is 5.54 Å². The molecule has 2 heterocycles. The van der Waals surface area contributed by atoms with Gasteiger partial charge in [-0.1, -0.05) is 37.2 Å². The summed E-state index contributed by atoms with van der Waals surface area (Å²) in [6, 6.07) is 10.9. The van der Waals surface area contributed by atoms with Crippen LogP contribution >= 0.6 is 0 Å². The summed E-state index contributed by atoms with van der Waals surface area (Å²) in [6.07, 6.45) is 2.72. The molecule has 9 heteroatoms. The van der Waals surface area contributed by atoms with Crippen molar-refractivity contribution in [3.63, 3.8) is 0 Å². The van der Waals surface area contributed by atoms with E-state index < -0.39 is 17.4 Å². The molecule has 1 aliphatic rings. The average Bonchev–Trinajstić information content (AvgIpc) is 3.37. The first-order valence-electron chi connectivity index (χ1n) is 9.90. The van der Waals surface area contributed by atoms with Gasteiger partial charge >= 0.3 is 5.97 Å². The Kier molecular flexibility index (Phi) is 5.41. The molecule has 1 aromatic carbocycles. The standard InChI is InChI=1S/C22H22N4O5/c1-13(2)20(28)30-17-15(29-3)9-12-23-16(17)18(27)25-22(10-11-22)21-24-19(31-26-21)14-7-5-4-6-8-14/h4-9,12-13H,10-11H2,1-3H3,(H,25,27). The quantitative estimate of drug-likeness (QED) is 0.577. The van der Waals surface area contributed by atoms with E-state index in [0.29, 0.717) is 24.6 Å². The first-order chi connectivity index (χ1) is 14.9. The Morgan fingerprint density at radius 3 is 2.55 bits per heavy atom. The lowest BCUT2D eigenvalue weighted by molar-refractivity contribution is -0.137. The summed E-state index contributed by atoms with van der Waals surface area (Å²) < 4.78 is 16.1. The smallest absolute Gasteiger partial charge is 0.313 e. The zero-order valence-corrected chi connectivity index (χ0v) is 17.4. The number of esters is 1. The number of rotatable bonds is 7. The number of amides is 1. The minimum Gasteiger partial charge on any atom is -0.493 e. The number of carbonyl (C=O) groups is 2. The number of methoxy groups -OCH3 is 1. The zero-order valence-electron chi connectivity index (χ0n) is 17.4. The molecule has 3 aromatic rings. The van der Waals surface area contributed by atoms with Crippen molar-refractivity contribution in [2.45, 2.75) is 32.2 Å². The number of ether oxygens (including phenoxy) is 2. The van der Waals surface area contributed by atoms with Crippen molar-refractivity contribution in [3.05, 3.63) is 54.1 Å². The van der Waals surface area contributed by atoms with E-state index in [0.717, 1.165) is 5.56 Å². The van der Waals surface area contributed by atoms with Crippen LogP contribution in [0.4, 0.5) is 0 Å². The second-order valence-electron chi connectivity index (χ2n) is 7.59. The van der Waals surface area contributed by atoms with Crippen LogP contribution in [0.1, 0.15) is 43.0 Å². The van der Waals surface area contributed by atoms with E-state index in [1.165, 1.54) is 19.4 Å². The molecule has 0 spiro atoms. The number of pyridine rings is 1. The van der Waals surface area contributed by atoms with Crippen LogP contribution in [0.5, 0.6) is 11.5 Å². The Balaban J connectivity index is 1.59. The summed E-state index contributed by atoms with van der Waals surface area (Å²) in [6.45, 7) is 3.40. The average molecular weight is 422 g/mol. The van der Waals surface area contributed by atoms with Crippen molar-refractivity contribution < 1.29 is 23.6 Å². The third kappa shape index (κ3) is 4.11. The van der Waals surface area contributed by atoms with Crippen LogP contribution in [0.25, 0.3) is 11.5 Å². The molecule has 1 saturated carbocycles. The maximum Gasteiger partial charge on any atom is 0.313 e. The van der Waals surface area contributed by atoms with Crippen LogP contribution in [0.3, 0.4) is 0 Å². The summed E-state index contributed by atoms with van der Waals surface area (Å²) in [5, 5.41) is 7.00. The van der Waals surface area contributed by atoms with Gasteiger partial charge in [0.2, 0.25) is 5.75 Å². The summed E-state index contributed by atoms with van der Waals surface area (Å²) in [5.74, 6) is -0.405. The topological polar surface area (TPSA) is 116 Å². The highest BCUT2D eigenvalue weighted by atomic mass is 16.6.